The first-order valence-electron chi connectivity index (χ1n) is 13.0. The van der Waals surface area contributed by atoms with Crippen molar-refractivity contribution in [1.29, 1.82) is 0 Å². The number of fused-ring (bicyclic) bond motifs is 1. The molecule has 0 radical (unpaired) electrons. The fraction of sp³-hybridized carbons (Fsp3) is 0.321. The molecule has 10 nitrogen and oxygen atoms in total. The molecular formula is C28H29F2N9O. The second kappa shape index (κ2) is 9.85. The number of halogens is 2. The van der Waals surface area contributed by atoms with E-state index in [2.05, 4.69) is 24.7 Å². The van der Waals surface area contributed by atoms with Gasteiger partial charge in [0.25, 0.3) is 6.43 Å². The second-order valence-corrected chi connectivity index (χ2v) is 9.91. The van der Waals surface area contributed by atoms with E-state index in [1.165, 1.54) is 13.1 Å². The number of aryl methyl sites for hydroxylation is 2. The molecule has 0 saturated heterocycles. The Morgan fingerprint density at radius 2 is 1.93 bits per heavy atom. The van der Waals surface area contributed by atoms with Crippen molar-refractivity contribution in [2.75, 3.05) is 12.3 Å². The Bertz CT molecular complexity index is 1760. The highest BCUT2D eigenvalue weighted by molar-refractivity contribution is 5.97. The molecule has 1 saturated carbocycles. The number of pyridine rings is 1. The minimum Gasteiger partial charge on any atom is -0.477 e. The summed E-state index contributed by atoms with van der Waals surface area (Å²) in [7, 11) is 5.32. The molecule has 4 aromatic heterocycles. The summed E-state index contributed by atoms with van der Waals surface area (Å²) in [4.78, 5) is 14.2. The van der Waals surface area contributed by atoms with E-state index >= 15 is 0 Å². The Kier molecular flexibility index (Phi) is 6.32. The number of benzene rings is 1. The zero-order valence-corrected chi connectivity index (χ0v) is 22.6. The van der Waals surface area contributed by atoms with Crippen LogP contribution in [-0.4, -0.2) is 46.9 Å². The Hall–Kier alpha value is -4.61. The molecule has 206 valence electrons. The van der Waals surface area contributed by atoms with Crippen LogP contribution in [0.3, 0.4) is 0 Å². The first-order chi connectivity index (χ1) is 19.2. The molecule has 1 aliphatic carbocycles. The molecule has 1 aliphatic rings. The van der Waals surface area contributed by atoms with Gasteiger partial charge in [-0.15, -0.1) is 0 Å². The summed E-state index contributed by atoms with van der Waals surface area (Å²) in [6, 6.07) is 8.88. The monoisotopic (exact) mass is 545 g/mol. The average molecular weight is 546 g/mol. The van der Waals surface area contributed by atoms with Crippen molar-refractivity contribution in [3.63, 3.8) is 0 Å². The van der Waals surface area contributed by atoms with Gasteiger partial charge in [-0.2, -0.15) is 15.2 Å². The highest BCUT2D eigenvalue weighted by Crippen LogP contribution is 2.47. The van der Waals surface area contributed by atoms with Crippen molar-refractivity contribution in [1.82, 2.24) is 34.1 Å². The molecule has 1 aromatic carbocycles. The van der Waals surface area contributed by atoms with E-state index in [0.29, 0.717) is 35.3 Å². The molecule has 12 heteroatoms. The summed E-state index contributed by atoms with van der Waals surface area (Å²) in [6.07, 6.45) is 2.95. The van der Waals surface area contributed by atoms with Crippen molar-refractivity contribution in [3.05, 3.63) is 53.5 Å². The lowest BCUT2D eigenvalue weighted by Crippen LogP contribution is -2.02. The fourth-order valence-corrected chi connectivity index (χ4v) is 5.04. The van der Waals surface area contributed by atoms with Crippen LogP contribution in [0.5, 0.6) is 5.88 Å². The summed E-state index contributed by atoms with van der Waals surface area (Å²) in [5, 5.41) is 9.41. The van der Waals surface area contributed by atoms with Gasteiger partial charge in [0.05, 0.1) is 17.9 Å². The molecular weight excluding hydrogens is 516 g/mol. The van der Waals surface area contributed by atoms with Crippen LogP contribution in [-0.2, 0) is 21.1 Å². The third-order valence-corrected chi connectivity index (χ3v) is 7.05. The lowest BCUT2D eigenvalue weighted by atomic mass is 10.0. The van der Waals surface area contributed by atoms with Gasteiger partial charge in [-0.3, -0.25) is 9.36 Å². The number of hydrogen-bond donors (Lipinski definition) is 1. The standard InChI is InChI=1S/C28H29F2N9O/c1-5-40-28-18(11-16-14-37(2)36-26(16)34-28)27-33-23(24(38(27)3)15-9-10-15)17-7-6-8-20(31)19(17)13-32-22-12-21(25(29)30)39(4)35-22/h6-8,11-15,25H,5,9-10,31H2,1-4H3. The van der Waals surface area contributed by atoms with Crippen LogP contribution in [0.4, 0.5) is 20.3 Å². The number of imidazole rings is 1. The molecule has 0 atom stereocenters. The number of rotatable bonds is 8. The van der Waals surface area contributed by atoms with Gasteiger partial charge < -0.3 is 15.0 Å². The third kappa shape index (κ3) is 4.48. The lowest BCUT2D eigenvalue weighted by Gasteiger charge is -2.11. The van der Waals surface area contributed by atoms with Gasteiger partial charge in [0, 0.05) is 73.4 Å². The minimum atomic E-state index is -2.64. The Balaban J connectivity index is 1.50. The van der Waals surface area contributed by atoms with Crippen LogP contribution in [0.2, 0.25) is 0 Å². The zero-order chi connectivity index (χ0) is 28.1. The van der Waals surface area contributed by atoms with Crippen LogP contribution < -0.4 is 10.5 Å². The number of aromatic nitrogens is 7. The normalized spacial score (nSPS) is 13.8. The van der Waals surface area contributed by atoms with Crippen LogP contribution in [0, 0.1) is 0 Å². The van der Waals surface area contributed by atoms with Gasteiger partial charge in [-0.25, -0.2) is 18.8 Å². The molecule has 2 N–H and O–H groups in total. The second-order valence-electron chi connectivity index (χ2n) is 9.91. The Labute approximate surface area is 229 Å². The maximum Gasteiger partial charge on any atom is 0.280 e. The molecule has 0 amide bonds. The summed E-state index contributed by atoms with van der Waals surface area (Å²) >= 11 is 0. The van der Waals surface area contributed by atoms with Crippen molar-refractivity contribution in [3.8, 4) is 28.5 Å². The number of nitrogens with two attached hydrogens (primary N) is 1. The molecule has 0 bridgehead atoms. The Morgan fingerprint density at radius 3 is 2.62 bits per heavy atom. The molecule has 5 aromatic rings. The van der Waals surface area contributed by atoms with Crippen LogP contribution in [0.25, 0.3) is 33.7 Å². The molecule has 0 spiro atoms. The van der Waals surface area contributed by atoms with E-state index in [9.17, 15) is 8.78 Å². The molecule has 0 unspecified atom stereocenters. The first-order valence-corrected chi connectivity index (χ1v) is 13.0. The predicted molar refractivity (Wildman–Crippen MR) is 149 cm³/mol. The first kappa shape index (κ1) is 25.7. The maximum absolute atomic E-state index is 13.3. The minimum absolute atomic E-state index is 0.174. The zero-order valence-electron chi connectivity index (χ0n) is 22.6. The summed E-state index contributed by atoms with van der Waals surface area (Å²) in [5.74, 6) is 1.71. The maximum atomic E-state index is 13.3. The number of nitrogen functional groups attached to an aromatic ring is 1. The van der Waals surface area contributed by atoms with E-state index < -0.39 is 6.43 Å². The van der Waals surface area contributed by atoms with E-state index in [1.807, 2.05) is 45.4 Å². The van der Waals surface area contributed by atoms with Crippen molar-refractivity contribution < 1.29 is 13.5 Å². The quantitative estimate of drug-likeness (QED) is 0.209. The van der Waals surface area contributed by atoms with Gasteiger partial charge in [-0.1, -0.05) is 12.1 Å². The van der Waals surface area contributed by atoms with E-state index in [-0.39, 0.29) is 11.5 Å². The molecule has 1 fully saturated rings. The van der Waals surface area contributed by atoms with Gasteiger partial charge in [-0.05, 0) is 31.9 Å². The summed E-state index contributed by atoms with van der Waals surface area (Å²) in [5.41, 5.74) is 11.4. The largest absolute Gasteiger partial charge is 0.477 e. The summed E-state index contributed by atoms with van der Waals surface area (Å²) in [6.45, 7) is 2.36. The third-order valence-electron chi connectivity index (χ3n) is 7.05. The number of alkyl halides is 2. The van der Waals surface area contributed by atoms with Crippen molar-refractivity contribution in [2.45, 2.75) is 32.1 Å². The van der Waals surface area contributed by atoms with Crippen LogP contribution >= 0.6 is 0 Å². The topological polar surface area (TPSA) is 114 Å². The average Bonchev–Trinajstić information content (AvgIpc) is 3.44. The number of hydrogen-bond acceptors (Lipinski definition) is 7. The highest BCUT2D eigenvalue weighted by atomic mass is 19.3. The van der Waals surface area contributed by atoms with E-state index in [1.54, 1.807) is 17.0 Å². The highest BCUT2D eigenvalue weighted by Gasteiger charge is 2.33. The molecule has 40 heavy (non-hydrogen) atoms. The fourth-order valence-electron chi connectivity index (χ4n) is 5.04. The molecule has 6 rings (SSSR count). The number of nitrogens with zero attached hydrogens (tertiary/aromatic N) is 8. The number of anilines is 1. The van der Waals surface area contributed by atoms with Gasteiger partial charge >= 0.3 is 0 Å². The van der Waals surface area contributed by atoms with Gasteiger partial charge in [0.2, 0.25) is 5.88 Å². The molecule has 0 aliphatic heterocycles. The van der Waals surface area contributed by atoms with E-state index in [0.717, 1.165) is 51.2 Å². The van der Waals surface area contributed by atoms with Crippen LogP contribution in [0.1, 0.15) is 49.1 Å². The van der Waals surface area contributed by atoms with Gasteiger partial charge in [0.15, 0.2) is 11.5 Å². The smallest absolute Gasteiger partial charge is 0.280 e. The Morgan fingerprint density at radius 1 is 1.12 bits per heavy atom. The predicted octanol–water partition coefficient (Wildman–Crippen LogP) is 5.32. The van der Waals surface area contributed by atoms with Crippen LogP contribution in [0.15, 0.2) is 41.5 Å². The van der Waals surface area contributed by atoms with E-state index in [4.69, 9.17) is 15.5 Å². The lowest BCUT2D eigenvalue weighted by molar-refractivity contribution is 0.141. The van der Waals surface area contributed by atoms with Gasteiger partial charge in [0.1, 0.15) is 11.5 Å². The van der Waals surface area contributed by atoms with Crippen molar-refractivity contribution in [2.24, 2.45) is 26.1 Å². The SMILES string of the molecule is CCOc1nc2nn(C)cc2cc1-c1nc(-c2cccc(N)c2C=Nc2cc(C(F)F)n(C)n2)c(C2CC2)n1C. The number of aliphatic imine (C=N–C) groups is 1. The summed E-state index contributed by atoms with van der Waals surface area (Å²) < 4.78 is 37.4. The molecule has 4 heterocycles. The number of ether oxygens (including phenoxy) is 1. The van der Waals surface area contributed by atoms with Crippen molar-refractivity contribution >= 4 is 28.8 Å².